The normalized spacial score (nSPS) is 13.6. The van der Waals surface area contributed by atoms with Crippen molar-refractivity contribution in [3.05, 3.63) is 54.0 Å². The third-order valence-electron chi connectivity index (χ3n) is 3.49. The summed E-state index contributed by atoms with van der Waals surface area (Å²) >= 11 is 0. The maximum atomic E-state index is 11.9. The van der Waals surface area contributed by atoms with Crippen LogP contribution in [0.15, 0.2) is 47.1 Å². The minimum absolute atomic E-state index is 0.190. The summed E-state index contributed by atoms with van der Waals surface area (Å²) in [5.41, 5.74) is 0.760. The van der Waals surface area contributed by atoms with Gasteiger partial charge in [-0.3, -0.25) is 4.79 Å². The van der Waals surface area contributed by atoms with E-state index in [1.54, 1.807) is 36.4 Å². The molecule has 0 bridgehead atoms. The number of rotatable bonds is 6. The molecule has 25 heavy (non-hydrogen) atoms. The number of carbonyl (C=O) groups excluding carboxylic acids is 2. The molecule has 0 saturated heterocycles. The Morgan fingerprint density at radius 2 is 2.12 bits per heavy atom. The number of esters is 1. The molecule has 1 aromatic heterocycles. The summed E-state index contributed by atoms with van der Waals surface area (Å²) < 4.78 is 20.7. The molecule has 1 N–H and O–H groups in total. The fourth-order valence-corrected chi connectivity index (χ4v) is 2.18. The number of benzene rings is 1. The molecule has 0 saturated carbocycles. The number of hydrogen-bond donors (Lipinski definition) is 1. The molecule has 1 atom stereocenters. The number of carbonyl (C=O) groups is 2. The highest BCUT2D eigenvalue weighted by Gasteiger charge is 2.17. The van der Waals surface area contributed by atoms with Gasteiger partial charge in [-0.05, 0) is 42.8 Å². The van der Waals surface area contributed by atoms with E-state index in [4.69, 9.17) is 18.6 Å². The molecular weight excluding hydrogens is 326 g/mol. The summed E-state index contributed by atoms with van der Waals surface area (Å²) in [6.07, 6.45) is 3.45. The maximum Gasteiger partial charge on any atom is 0.331 e. The van der Waals surface area contributed by atoms with Gasteiger partial charge in [0.2, 0.25) is 6.79 Å². The average Bonchev–Trinajstić information content (AvgIpc) is 3.28. The zero-order valence-electron chi connectivity index (χ0n) is 13.6. The highest BCUT2D eigenvalue weighted by Crippen LogP contribution is 2.32. The summed E-state index contributed by atoms with van der Waals surface area (Å²) in [6.45, 7) is 1.93. The number of hydrogen-bond acceptors (Lipinski definition) is 6. The Bertz CT molecular complexity index is 781. The first kappa shape index (κ1) is 16.6. The topological polar surface area (TPSA) is 87.0 Å². The second-order valence-corrected chi connectivity index (χ2v) is 5.32. The van der Waals surface area contributed by atoms with Crippen molar-refractivity contribution in [2.45, 2.75) is 19.6 Å². The molecule has 0 radical (unpaired) electrons. The molecule has 7 heteroatoms. The molecule has 2 aromatic rings. The van der Waals surface area contributed by atoms with Gasteiger partial charge in [0.25, 0.3) is 5.91 Å². The Labute approximate surface area is 144 Å². The number of furan rings is 1. The largest absolute Gasteiger partial charge is 0.467 e. The first-order chi connectivity index (χ1) is 12.1. The van der Waals surface area contributed by atoms with Crippen molar-refractivity contribution >= 4 is 18.0 Å². The zero-order valence-corrected chi connectivity index (χ0v) is 13.6. The van der Waals surface area contributed by atoms with E-state index in [0.717, 1.165) is 5.56 Å². The van der Waals surface area contributed by atoms with Crippen LogP contribution in [0.25, 0.3) is 6.08 Å². The molecule has 7 nitrogen and oxygen atoms in total. The predicted molar refractivity (Wildman–Crippen MR) is 87.7 cm³/mol. The van der Waals surface area contributed by atoms with Gasteiger partial charge in [-0.15, -0.1) is 0 Å². The lowest BCUT2D eigenvalue weighted by Gasteiger charge is -2.11. The van der Waals surface area contributed by atoms with Crippen molar-refractivity contribution in [2.75, 3.05) is 6.79 Å². The Kier molecular flexibility index (Phi) is 5.03. The molecule has 1 aromatic carbocycles. The van der Waals surface area contributed by atoms with Gasteiger partial charge in [0.1, 0.15) is 5.76 Å². The van der Waals surface area contributed by atoms with Crippen LogP contribution < -0.4 is 14.8 Å². The van der Waals surface area contributed by atoms with Crippen LogP contribution in [-0.2, 0) is 20.9 Å². The first-order valence-corrected chi connectivity index (χ1v) is 7.70. The smallest absolute Gasteiger partial charge is 0.331 e. The second kappa shape index (κ2) is 7.57. The van der Waals surface area contributed by atoms with Gasteiger partial charge in [0.05, 0.1) is 12.8 Å². The minimum Gasteiger partial charge on any atom is -0.467 e. The third kappa shape index (κ3) is 4.41. The van der Waals surface area contributed by atoms with Gasteiger partial charge < -0.3 is 23.9 Å². The Balaban J connectivity index is 1.48. The van der Waals surface area contributed by atoms with E-state index in [9.17, 15) is 9.59 Å². The zero-order chi connectivity index (χ0) is 17.6. The van der Waals surface area contributed by atoms with Gasteiger partial charge in [0.15, 0.2) is 17.6 Å². The molecule has 1 aliphatic rings. The molecule has 130 valence electrons. The Morgan fingerprint density at radius 3 is 2.92 bits per heavy atom. The van der Waals surface area contributed by atoms with Crippen molar-refractivity contribution in [1.29, 1.82) is 0 Å². The van der Waals surface area contributed by atoms with Crippen LogP contribution in [0.5, 0.6) is 11.5 Å². The van der Waals surface area contributed by atoms with Gasteiger partial charge in [-0.25, -0.2) is 4.79 Å². The average molecular weight is 343 g/mol. The van der Waals surface area contributed by atoms with Crippen molar-refractivity contribution < 1.29 is 28.2 Å². The van der Waals surface area contributed by atoms with E-state index in [-0.39, 0.29) is 13.3 Å². The van der Waals surface area contributed by atoms with Crippen LogP contribution in [0.1, 0.15) is 18.2 Å². The second-order valence-electron chi connectivity index (χ2n) is 5.32. The standard InChI is InChI=1S/C18H17NO6/c1-12(18(21)19-10-14-3-2-8-22-14)25-17(20)7-5-13-4-6-15-16(9-13)24-11-23-15/h2-9,12H,10-11H2,1H3,(H,19,21)/b7-5+/t12-/m0/s1. The van der Waals surface area contributed by atoms with E-state index in [1.807, 2.05) is 0 Å². The fraction of sp³-hybridized carbons (Fsp3) is 0.222. The quantitative estimate of drug-likeness (QED) is 0.639. The molecular formula is C18H17NO6. The lowest BCUT2D eigenvalue weighted by Crippen LogP contribution is -2.35. The lowest BCUT2D eigenvalue weighted by molar-refractivity contribution is -0.150. The molecule has 0 unspecified atom stereocenters. The Hall–Kier alpha value is -3.22. The number of nitrogens with one attached hydrogen (secondary N) is 1. The summed E-state index contributed by atoms with van der Waals surface area (Å²) in [5.74, 6) is 0.900. The van der Waals surface area contributed by atoms with Crippen molar-refractivity contribution in [2.24, 2.45) is 0 Å². The monoisotopic (exact) mass is 343 g/mol. The SMILES string of the molecule is C[C@H](OC(=O)/C=C/c1ccc2c(c1)OCO2)C(=O)NCc1ccco1. The summed E-state index contributed by atoms with van der Waals surface area (Å²) in [4.78, 5) is 23.7. The van der Waals surface area contributed by atoms with E-state index in [2.05, 4.69) is 5.32 Å². The van der Waals surface area contributed by atoms with Crippen LogP contribution in [0.2, 0.25) is 0 Å². The van der Waals surface area contributed by atoms with Crippen LogP contribution >= 0.6 is 0 Å². The minimum atomic E-state index is -0.913. The summed E-state index contributed by atoms with van der Waals surface area (Å²) in [6, 6.07) is 8.78. The van der Waals surface area contributed by atoms with Crippen molar-refractivity contribution in [1.82, 2.24) is 5.32 Å². The maximum absolute atomic E-state index is 11.9. The summed E-state index contributed by atoms with van der Waals surface area (Å²) in [7, 11) is 0. The highest BCUT2D eigenvalue weighted by atomic mass is 16.7. The van der Waals surface area contributed by atoms with Crippen molar-refractivity contribution in [3.8, 4) is 11.5 Å². The van der Waals surface area contributed by atoms with Crippen LogP contribution in [-0.4, -0.2) is 24.8 Å². The molecule has 0 aliphatic carbocycles. The molecule has 2 heterocycles. The molecule has 1 aliphatic heterocycles. The lowest BCUT2D eigenvalue weighted by atomic mass is 10.2. The van der Waals surface area contributed by atoms with Crippen LogP contribution in [0, 0.1) is 0 Å². The Morgan fingerprint density at radius 1 is 1.28 bits per heavy atom. The van der Waals surface area contributed by atoms with Gasteiger partial charge in [-0.1, -0.05) is 6.07 Å². The third-order valence-corrected chi connectivity index (χ3v) is 3.49. The fourth-order valence-electron chi connectivity index (χ4n) is 2.18. The van der Waals surface area contributed by atoms with Crippen molar-refractivity contribution in [3.63, 3.8) is 0 Å². The predicted octanol–water partition coefficient (Wildman–Crippen LogP) is 2.27. The number of ether oxygens (including phenoxy) is 3. The highest BCUT2D eigenvalue weighted by molar-refractivity contribution is 5.90. The molecule has 3 rings (SSSR count). The molecule has 0 fully saturated rings. The van der Waals surface area contributed by atoms with E-state index in [0.29, 0.717) is 17.3 Å². The van der Waals surface area contributed by atoms with E-state index in [1.165, 1.54) is 19.3 Å². The summed E-state index contributed by atoms with van der Waals surface area (Å²) in [5, 5.41) is 2.63. The van der Waals surface area contributed by atoms with Crippen LogP contribution in [0.4, 0.5) is 0 Å². The van der Waals surface area contributed by atoms with Gasteiger partial charge >= 0.3 is 5.97 Å². The van der Waals surface area contributed by atoms with E-state index >= 15 is 0 Å². The molecule has 0 spiro atoms. The molecule has 1 amide bonds. The van der Waals surface area contributed by atoms with Gasteiger partial charge in [-0.2, -0.15) is 0 Å². The van der Waals surface area contributed by atoms with Crippen LogP contribution in [0.3, 0.4) is 0 Å². The van der Waals surface area contributed by atoms with E-state index < -0.39 is 18.0 Å². The van der Waals surface area contributed by atoms with Gasteiger partial charge in [0, 0.05) is 6.08 Å². The number of fused-ring (bicyclic) bond motifs is 1. The number of amides is 1. The first-order valence-electron chi connectivity index (χ1n) is 7.70.